The van der Waals surface area contributed by atoms with E-state index in [0.717, 1.165) is 12.0 Å². The quantitative estimate of drug-likeness (QED) is 0.163. The van der Waals surface area contributed by atoms with Crippen LogP contribution in [0.1, 0.15) is 115 Å². The van der Waals surface area contributed by atoms with Crippen molar-refractivity contribution in [1.82, 2.24) is 19.5 Å². The molecule has 4 N–H and O–H groups in total. The minimum absolute atomic E-state index is 0.307. The van der Waals surface area contributed by atoms with Crippen LogP contribution in [0.5, 0.6) is 0 Å². The van der Waals surface area contributed by atoms with E-state index in [-0.39, 0.29) is 0 Å². The van der Waals surface area contributed by atoms with Gasteiger partial charge in [-0.3, -0.25) is 0 Å². The molecule has 208 valence electrons. The molecule has 0 fully saturated rings. The topological polar surface area (TPSA) is 108 Å². The Morgan fingerprint density at radius 1 is 0.684 bits per heavy atom. The number of hydrogen-bond donors (Lipinski definition) is 2. The second kappa shape index (κ2) is 17.5. The highest BCUT2D eigenvalue weighted by molar-refractivity contribution is 5.90. The molecule has 3 aromatic rings. The molecule has 0 atom stereocenters. The van der Waals surface area contributed by atoms with E-state index in [0.29, 0.717) is 41.4 Å². The highest BCUT2D eigenvalue weighted by Crippen LogP contribution is 2.21. The third-order valence-corrected chi connectivity index (χ3v) is 7.22. The van der Waals surface area contributed by atoms with E-state index in [4.69, 9.17) is 11.5 Å². The molecule has 0 saturated carbocycles. The van der Waals surface area contributed by atoms with E-state index < -0.39 is 0 Å². The molecule has 0 bridgehead atoms. The van der Waals surface area contributed by atoms with Gasteiger partial charge in [-0.1, -0.05) is 134 Å². The number of fused-ring (bicyclic) bond motifs is 1. The highest BCUT2D eigenvalue weighted by Gasteiger charge is 2.11. The number of imidazole rings is 1. The number of unbranched alkanes of at least 4 members (excludes halogenated alkanes) is 15. The lowest BCUT2D eigenvalue weighted by Gasteiger charge is -2.04. The fraction of sp³-hybridized carbons (Fsp3) is 0.613. The Kier molecular flexibility index (Phi) is 13.7. The van der Waals surface area contributed by atoms with Crippen LogP contribution in [-0.2, 0) is 6.54 Å². The second-order valence-electron chi connectivity index (χ2n) is 10.5. The fourth-order valence-electron chi connectivity index (χ4n) is 4.99. The van der Waals surface area contributed by atoms with Gasteiger partial charge in [0.25, 0.3) is 0 Å². The van der Waals surface area contributed by atoms with E-state index in [1.807, 2.05) is 22.8 Å². The molecular weight excluding hydrogens is 470 g/mol. The maximum atomic E-state index is 6.34. The summed E-state index contributed by atoms with van der Waals surface area (Å²) in [6.45, 7) is 3.60. The SMILES string of the molecule is CCCCCCCCCCCCCCCCCCN=c1nc(N)c2ncn(Cc3ccccc3)c2c(N)n1. The number of aromatic nitrogens is 4. The largest absolute Gasteiger partial charge is 0.382 e. The summed E-state index contributed by atoms with van der Waals surface area (Å²) in [4.78, 5) is 17.9. The van der Waals surface area contributed by atoms with Gasteiger partial charge in [0.1, 0.15) is 11.0 Å². The molecule has 7 heteroatoms. The van der Waals surface area contributed by atoms with Crippen molar-refractivity contribution in [2.24, 2.45) is 4.99 Å². The summed E-state index contributed by atoms with van der Waals surface area (Å²) in [6.07, 6.45) is 23.4. The van der Waals surface area contributed by atoms with Crippen LogP contribution < -0.4 is 17.1 Å². The van der Waals surface area contributed by atoms with Gasteiger partial charge in [-0.2, -0.15) is 9.97 Å². The van der Waals surface area contributed by atoms with Crippen molar-refractivity contribution >= 4 is 22.7 Å². The van der Waals surface area contributed by atoms with E-state index in [9.17, 15) is 0 Å². The number of benzene rings is 1. The number of anilines is 2. The molecule has 0 amide bonds. The third kappa shape index (κ3) is 10.4. The second-order valence-corrected chi connectivity index (χ2v) is 10.5. The predicted octanol–water partition coefficient (Wildman–Crippen LogP) is 7.20. The van der Waals surface area contributed by atoms with Gasteiger partial charge in [0, 0.05) is 13.1 Å². The summed E-state index contributed by atoms with van der Waals surface area (Å²) in [6, 6.07) is 10.2. The van der Waals surface area contributed by atoms with Crippen LogP contribution in [0, 0.1) is 0 Å². The van der Waals surface area contributed by atoms with Crippen molar-refractivity contribution in [3.05, 3.63) is 47.8 Å². The smallest absolute Gasteiger partial charge is 0.248 e. The van der Waals surface area contributed by atoms with Crippen LogP contribution in [0.4, 0.5) is 11.6 Å². The normalized spacial score (nSPS) is 12.0. The molecule has 7 nitrogen and oxygen atoms in total. The summed E-state index contributed by atoms with van der Waals surface area (Å²) in [7, 11) is 0. The van der Waals surface area contributed by atoms with Crippen LogP contribution in [-0.4, -0.2) is 26.1 Å². The van der Waals surface area contributed by atoms with Crippen molar-refractivity contribution in [3.8, 4) is 0 Å². The number of hydrogen-bond acceptors (Lipinski definition) is 6. The van der Waals surface area contributed by atoms with Crippen molar-refractivity contribution < 1.29 is 0 Å². The van der Waals surface area contributed by atoms with Crippen molar-refractivity contribution in [3.63, 3.8) is 0 Å². The molecule has 1 aromatic carbocycles. The first-order valence-corrected chi connectivity index (χ1v) is 15.0. The van der Waals surface area contributed by atoms with Crippen molar-refractivity contribution in [1.29, 1.82) is 0 Å². The number of nitrogens with zero attached hydrogens (tertiary/aromatic N) is 5. The van der Waals surface area contributed by atoms with Gasteiger partial charge < -0.3 is 16.0 Å². The maximum absolute atomic E-state index is 6.34. The van der Waals surface area contributed by atoms with Gasteiger partial charge in [-0.15, -0.1) is 0 Å². The van der Waals surface area contributed by atoms with E-state index in [2.05, 4.69) is 39.0 Å². The summed E-state index contributed by atoms with van der Waals surface area (Å²) in [5.74, 6) is 0.657. The lowest BCUT2D eigenvalue weighted by atomic mass is 10.0. The first-order chi connectivity index (χ1) is 18.7. The summed E-state index contributed by atoms with van der Waals surface area (Å²) >= 11 is 0. The third-order valence-electron chi connectivity index (χ3n) is 7.22. The molecule has 0 radical (unpaired) electrons. The standard InChI is InChI=1S/C31H49N7/c1-2-3-4-5-6-7-8-9-10-11-12-13-14-15-16-20-23-34-31-36-29(32)27-28(30(33)37-31)38(25-35-27)24-26-21-18-17-19-22-26/h17-19,21-22,25H,2-16,20,23-24H2,1H3,(H4,32,33,34,36,37). The van der Waals surface area contributed by atoms with E-state index >= 15 is 0 Å². The zero-order chi connectivity index (χ0) is 26.8. The molecule has 0 spiro atoms. The Balaban J connectivity index is 1.32. The van der Waals surface area contributed by atoms with Gasteiger partial charge >= 0.3 is 0 Å². The first kappa shape index (κ1) is 29.6. The summed E-state index contributed by atoms with van der Waals surface area (Å²) in [5, 5.41) is 0. The Morgan fingerprint density at radius 3 is 1.79 bits per heavy atom. The zero-order valence-electron chi connectivity index (χ0n) is 23.6. The zero-order valence-corrected chi connectivity index (χ0v) is 23.6. The summed E-state index contributed by atoms with van der Waals surface area (Å²) in [5.41, 5.74) is 15.3. The fourth-order valence-corrected chi connectivity index (χ4v) is 4.99. The molecule has 0 unspecified atom stereocenters. The Morgan fingerprint density at radius 2 is 1.21 bits per heavy atom. The Labute approximate surface area is 229 Å². The molecule has 0 aliphatic carbocycles. The van der Waals surface area contributed by atoms with Gasteiger partial charge in [0.2, 0.25) is 5.62 Å². The lowest BCUT2D eigenvalue weighted by molar-refractivity contribution is 0.530. The van der Waals surface area contributed by atoms with Crippen LogP contribution in [0.2, 0.25) is 0 Å². The number of nitrogens with two attached hydrogens (primary N) is 2. The minimum Gasteiger partial charge on any atom is -0.382 e. The van der Waals surface area contributed by atoms with Crippen LogP contribution in [0.25, 0.3) is 11.0 Å². The van der Waals surface area contributed by atoms with Gasteiger partial charge in [-0.05, 0) is 12.0 Å². The average Bonchev–Trinajstić information content (AvgIpc) is 3.29. The Bertz CT molecular complexity index is 1120. The van der Waals surface area contributed by atoms with E-state index in [1.54, 1.807) is 6.33 Å². The number of rotatable bonds is 19. The molecule has 2 aromatic heterocycles. The molecule has 0 aliphatic rings. The van der Waals surface area contributed by atoms with Crippen molar-refractivity contribution in [2.45, 2.75) is 116 Å². The van der Waals surface area contributed by atoms with Crippen molar-refractivity contribution in [2.75, 3.05) is 18.0 Å². The predicted molar refractivity (Wildman–Crippen MR) is 160 cm³/mol. The first-order valence-electron chi connectivity index (χ1n) is 15.0. The van der Waals surface area contributed by atoms with E-state index in [1.165, 1.54) is 96.3 Å². The van der Waals surface area contributed by atoms with Crippen LogP contribution in [0.15, 0.2) is 41.7 Å². The summed E-state index contributed by atoms with van der Waals surface area (Å²) < 4.78 is 1.96. The van der Waals surface area contributed by atoms with Gasteiger partial charge in [0.05, 0.1) is 6.33 Å². The maximum Gasteiger partial charge on any atom is 0.248 e. The molecule has 0 aliphatic heterocycles. The minimum atomic E-state index is 0.307. The number of nitrogen functional groups attached to an aromatic ring is 2. The highest BCUT2D eigenvalue weighted by atomic mass is 15.1. The molecule has 0 saturated heterocycles. The molecule has 3 rings (SSSR count). The lowest BCUT2D eigenvalue weighted by Crippen LogP contribution is -2.13. The average molecular weight is 520 g/mol. The molecule has 38 heavy (non-hydrogen) atoms. The Hall–Kier alpha value is -2.96. The molecular formula is C31H49N7. The van der Waals surface area contributed by atoms with Crippen LogP contribution in [0.3, 0.4) is 0 Å². The van der Waals surface area contributed by atoms with Crippen LogP contribution >= 0.6 is 0 Å². The van der Waals surface area contributed by atoms with Gasteiger partial charge in [-0.25, -0.2) is 9.98 Å². The monoisotopic (exact) mass is 519 g/mol. The molecule has 2 heterocycles. The van der Waals surface area contributed by atoms with Gasteiger partial charge in [0.15, 0.2) is 11.6 Å².